The Morgan fingerprint density at radius 1 is 0.292 bits per heavy atom. The van der Waals surface area contributed by atoms with Crippen LogP contribution in [0.2, 0.25) is 0 Å². The molecule has 0 amide bonds. The second-order valence-corrected chi connectivity index (χ2v) is 18.5. The van der Waals surface area contributed by atoms with E-state index in [1.54, 1.807) is 21.2 Å². The Bertz CT molecular complexity index is 1170. The Labute approximate surface area is 298 Å². The predicted octanol–water partition coefficient (Wildman–Crippen LogP) is 12.2. The zero-order valence-corrected chi connectivity index (χ0v) is 32.6. The van der Waals surface area contributed by atoms with Crippen LogP contribution in [-0.4, -0.2) is 12.3 Å². The summed E-state index contributed by atoms with van der Waals surface area (Å²) in [6, 6.07) is 38.9. The van der Waals surface area contributed by atoms with E-state index in [1.165, 1.54) is 137 Å². The summed E-state index contributed by atoms with van der Waals surface area (Å²) >= 11 is 0. The lowest BCUT2D eigenvalue weighted by Gasteiger charge is -2.21. The topological polar surface area (TPSA) is 0 Å². The van der Waals surface area contributed by atoms with Gasteiger partial charge >= 0.3 is 0 Å². The third-order valence-corrected chi connectivity index (χ3v) is 15.0. The average Bonchev–Trinajstić information content (AvgIpc) is 3.14. The summed E-state index contributed by atoms with van der Waals surface area (Å²) in [6.45, 7) is 9.15. The van der Waals surface area contributed by atoms with Crippen LogP contribution >= 0.6 is 15.8 Å². The number of unbranched alkanes of at least 4 members (excludes halogenated alkanes) is 7. The first-order chi connectivity index (χ1) is 23.6. The zero-order chi connectivity index (χ0) is 33.8. The molecule has 258 valence electrons. The zero-order valence-electron chi connectivity index (χ0n) is 30.9. The highest BCUT2D eigenvalue weighted by Gasteiger charge is 2.16. The van der Waals surface area contributed by atoms with Gasteiger partial charge in [0.05, 0.1) is 0 Å². The summed E-state index contributed by atoms with van der Waals surface area (Å²) in [5.74, 6) is 0. The van der Waals surface area contributed by atoms with Gasteiger partial charge in [-0.05, 0) is 136 Å². The normalized spacial score (nSPS) is 11.5. The lowest BCUT2D eigenvalue weighted by molar-refractivity contribution is 0.709. The molecule has 4 rings (SSSR count). The van der Waals surface area contributed by atoms with E-state index in [4.69, 9.17) is 0 Å². The summed E-state index contributed by atoms with van der Waals surface area (Å²) in [5, 5.41) is 6.22. The highest BCUT2D eigenvalue weighted by molar-refractivity contribution is 7.73. The van der Waals surface area contributed by atoms with Crippen molar-refractivity contribution < 1.29 is 0 Å². The van der Waals surface area contributed by atoms with Crippen LogP contribution < -0.4 is 21.2 Å². The largest absolute Gasteiger partial charge is 0.0654 e. The van der Waals surface area contributed by atoms with Crippen molar-refractivity contribution in [3.8, 4) is 0 Å². The molecule has 0 heterocycles. The summed E-state index contributed by atoms with van der Waals surface area (Å²) in [4.78, 5) is 0. The molecule has 0 unspecified atom stereocenters. The smallest absolute Gasteiger partial charge is 0.0195 e. The van der Waals surface area contributed by atoms with Crippen molar-refractivity contribution in [3.05, 3.63) is 119 Å². The minimum Gasteiger partial charge on any atom is -0.0654 e. The van der Waals surface area contributed by atoms with Crippen LogP contribution in [0.15, 0.2) is 97.1 Å². The van der Waals surface area contributed by atoms with E-state index in [2.05, 4.69) is 125 Å². The molecule has 0 N–H and O–H groups in total. The van der Waals surface area contributed by atoms with Gasteiger partial charge in [0.1, 0.15) is 0 Å². The molecule has 0 atom stereocenters. The standard InChI is InChI=1S/C46H64P2/c1-5-9-17-39-21-29-43(30-22-39)47(44-31-23-40(24-32-44)18-10-6-2)37-15-13-14-16-38-48(45-33-25-41(26-34-45)19-11-7-3)46-35-27-42(28-36-46)20-12-8-4/h21-36H,5-20,37-38H2,1-4H3. The van der Waals surface area contributed by atoms with E-state index >= 15 is 0 Å². The molecular weight excluding hydrogens is 614 g/mol. The lowest BCUT2D eigenvalue weighted by atomic mass is 10.1. The van der Waals surface area contributed by atoms with Crippen molar-refractivity contribution in [2.75, 3.05) is 12.3 Å². The summed E-state index contributed by atoms with van der Waals surface area (Å²) in [7, 11) is -0.638. The van der Waals surface area contributed by atoms with Crippen LogP contribution in [0.4, 0.5) is 0 Å². The molecule has 4 aromatic rings. The Morgan fingerprint density at radius 3 is 0.729 bits per heavy atom. The fraction of sp³-hybridized carbons (Fsp3) is 0.478. The molecule has 0 radical (unpaired) electrons. The first kappa shape index (κ1) is 38.5. The van der Waals surface area contributed by atoms with Crippen LogP contribution in [0.25, 0.3) is 0 Å². The minimum absolute atomic E-state index is 0.319. The van der Waals surface area contributed by atoms with E-state index < -0.39 is 0 Å². The number of hydrogen-bond acceptors (Lipinski definition) is 0. The SMILES string of the molecule is CCCCc1ccc(P(CCCCCCP(c2ccc(CCCC)cc2)c2ccc(CCCC)cc2)c2ccc(CCCC)cc2)cc1. The molecular formula is C46H64P2. The van der Waals surface area contributed by atoms with Gasteiger partial charge in [-0.3, -0.25) is 0 Å². The van der Waals surface area contributed by atoms with Gasteiger partial charge in [0, 0.05) is 0 Å². The molecule has 0 aliphatic carbocycles. The molecule has 0 saturated heterocycles. The quantitative estimate of drug-likeness (QED) is 0.0541. The van der Waals surface area contributed by atoms with Crippen LogP contribution in [0.1, 0.15) is 127 Å². The highest BCUT2D eigenvalue weighted by atomic mass is 31.1. The van der Waals surface area contributed by atoms with E-state index in [1.807, 2.05) is 0 Å². The van der Waals surface area contributed by atoms with Crippen LogP contribution in [0.3, 0.4) is 0 Å². The molecule has 0 aromatic heterocycles. The van der Waals surface area contributed by atoms with Gasteiger partial charge in [0.15, 0.2) is 0 Å². The van der Waals surface area contributed by atoms with Crippen LogP contribution in [0.5, 0.6) is 0 Å². The lowest BCUT2D eigenvalue weighted by Crippen LogP contribution is -2.15. The molecule has 48 heavy (non-hydrogen) atoms. The fourth-order valence-corrected chi connectivity index (χ4v) is 11.3. The van der Waals surface area contributed by atoms with E-state index in [9.17, 15) is 0 Å². The van der Waals surface area contributed by atoms with E-state index in [0.29, 0.717) is 0 Å². The van der Waals surface area contributed by atoms with Gasteiger partial charge < -0.3 is 0 Å². The van der Waals surface area contributed by atoms with Gasteiger partial charge in [0.25, 0.3) is 0 Å². The van der Waals surface area contributed by atoms with Crippen LogP contribution in [-0.2, 0) is 25.7 Å². The molecule has 0 aliphatic heterocycles. The monoisotopic (exact) mass is 678 g/mol. The first-order valence-electron chi connectivity index (χ1n) is 19.6. The van der Waals surface area contributed by atoms with E-state index in [-0.39, 0.29) is 15.8 Å². The second-order valence-electron chi connectivity index (χ2n) is 13.8. The predicted molar refractivity (Wildman–Crippen MR) is 221 cm³/mol. The Kier molecular flexibility index (Phi) is 18.0. The first-order valence-corrected chi connectivity index (χ1v) is 22.6. The third-order valence-electron chi connectivity index (χ3n) is 9.78. The maximum absolute atomic E-state index is 2.45. The van der Waals surface area contributed by atoms with Gasteiger partial charge in [0.2, 0.25) is 0 Å². The van der Waals surface area contributed by atoms with Crippen molar-refractivity contribution in [3.63, 3.8) is 0 Å². The molecule has 0 spiro atoms. The van der Waals surface area contributed by atoms with Crippen LogP contribution in [0, 0.1) is 0 Å². The van der Waals surface area contributed by atoms with E-state index in [0.717, 1.165) is 0 Å². The summed E-state index contributed by atoms with van der Waals surface area (Å²) < 4.78 is 0. The van der Waals surface area contributed by atoms with Crippen molar-refractivity contribution in [1.82, 2.24) is 0 Å². The third kappa shape index (κ3) is 12.9. The molecule has 0 nitrogen and oxygen atoms in total. The molecule has 0 saturated carbocycles. The number of aryl methyl sites for hydroxylation is 4. The van der Waals surface area contributed by atoms with Crippen molar-refractivity contribution in [1.29, 1.82) is 0 Å². The van der Waals surface area contributed by atoms with Crippen molar-refractivity contribution >= 4 is 37.1 Å². The number of rotatable bonds is 23. The Balaban J connectivity index is 1.38. The number of benzene rings is 4. The second kappa shape index (κ2) is 22.5. The maximum atomic E-state index is 2.45. The summed E-state index contributed by atoms with van der Waals surface area (Å²) in [6.07, 6.45) is 22.9. The fourth-order valence-electron chi connectivity index (χ4n) is 6.60. The number of hydrogen-bond donors (Lipinski definition) is 0. The molecule has 4 aromatic carbocycles. The average molecular weight is 679 g/mol. The van der Waals surface area contributed by atoms with Gasteiger partial charge in [-0.25, -0.2) is 0 Å². The van der Waals surface area contributed by atoms with Crippen molar-refractivity contribution in [2.45, 2.75) is 130 Å². The van der Waals surface area contributed by atoms with Crippen molar-refractivity contribution in [2.24, 2.45) is 0 Å². The molecule has 0 fully saturated rings. The van der Waals surface area contributed by atoms with Gasteiger partial charge in [-0.2, -0.15) is 0 Å². The van der Waals surface area contributed by atoms with Gasteiger partial charge in [-0.1, -0.05) is 163 Å². The molecule has 0 bridgehead atoms. The Hall–Kier alpha value is -2.26. The minimum atomic E-state index is -0.319. The Morgan fingerprint density at radius 2 is 0.521 bits per heavy atom. The van der Waals surface area contributed by atoms with Gasteiger partial charge in [-0.15, -0.1) is 0 Å². The molecule has 0 aliphatic rings. The molecule has 2 heteroatoms. The highest BCUT2D eigenvalue weighted by Crippen LogP contribution is 2.37. The maximum Gasteiger partial charge on any atom is -0.0195 e. The summed E-state index contributed by atoms with van der Waals surface area (Å²) in [5.41, 5.74) is 5.97.